The number of aliphatic hydroxyl groups excluding tert-OH is 2. The van der Waals surface area contributed by atoms with E-state index in [0.717, 1.165) is 12.1 Å². The quantitative estimate of drug-likeness (QED) is 0.387. The Morgan fingerprint density at radius 1 is 1.20 bits per heavy atom. The van der Waals surface area contributed by atoms with Gasteiger partial charge in [-0.2, -0.15) is 0 Å². The van der Waals surface area contributed by atoms with E-state index in [9.17, 15) is 30.3 Å². The molecule has 0 radical (unpaired) electrons. The SMILES string of the molecule is O=C(CC1OCC(O)CC1O)c1cc(O)c(O)c(O)c1. The van der Waals surface area contributed by atoms with Gasteiger partial charge in [-0.25, -0.2) is 0 Å². The van der Waals surface area contributed by atoms with Crippen LogP contribution in [-0.4, -0.2) is 56.2 Å². The van der Waals surface area contributed by atoms with E-state index < -0.39 is 41.3 Å². The highest BCUT2D eigenvalue weighted by atomic mass is 16.5. The van der Waals surface area contributed by atoms with Crippen LogP contribution in [-0.2, 0) is 4.74 Å². The Bertz CT molecular complexity index is 490. The number of carbonyl (C=O) groups is 1. The molecule has 3 unspecified atom stereocenters. The molecular weight excluding hydrogens is 268 g/mol. The molecule has 1 saturated heterocycles. The van der Waals surface area contributed by atoms with Crippen molar-refractivity contribution in [1.82, 2.24) is 0 Å². The highest BCUT2D eigenvalue weighted by molar-refractivity contribution is 5.97. The molecule has 0 aliphatic carbocycles. The second-order valence-corrected chi connectivity index (χ2v) is 4.82. The first-order valence-electron chi connectivity index (χ1n) is 6.14. The standard InChI is InChI=1S/C13H16O7/c14-7-3-9(16)12(20-5-7)4-8(15)6-1-10(17)13(19)11(18)2-6/h1-2,7,9,12,14,16-19H,3-5H2. The number of benzene rings is 1. The molecule has 7 heteroatoms. The van der Waals surface area contributed by atoms with Crippen molar-refractivity contribution in [2.75, 3.05) is 6.61 Å². The smallest absolute Gasteiger partial charge is 0.200 e. The van der Waals surface area contributed by atoms with E-state index in [-0.39, 0.29) is 25.0 Å². The highest BCUT2D eigenvalue weighted by Gasteiger charge is 2.31. The summed E-state index contributed by atoms with van der Waals surface area (Å²) in [6.45, 7) is 0.0427. The first kappa shape index (κ1) is 14.6. The average molecular weight is 284 g/mol. The highest BCUT2D eigenvalue weighted by Crippen LogP contribution is 2.36. The maximum atomic E-state index is 12.0. The molecule has 1 aliphatic rings. The predicted octanol–water partition coefficient (Wildman–Crippen LogP) is -0.113. The number of hydrogen-bond donors (Lipinski definition) is 5. The molecule has 1 aromatic rings. The largest absolute Gasteiger partial charge is 0.504 e. The molecule has 1 heterocycles. The van der Waals surface area contributed by atoms with Crippen molar-refractivity contribution in [3.63, 3.8) is 0 Å². The third-order valence-electron chi connectivity index (χ3n) is 3.22. The van der Waals surface area contributed by atoms with Gasteiger partial charge in [0.05, 0.1) is 24.9 Å². The predicted molar refractivity (Wildman–Crippen MR) is 66.8 cm³/mol. The lowest BCUT2D eigenvalue weighted by atomic mass is 9.96. The summed E-state index contributed by atoms with van der Waals surface area (Å²) < 4.78 is 5.18. The third kappa shape index (κ3) is 3.01. The molecule has 0 bridgehead atoms. The van der Waals surface area contributed by atoms with Crippen LogP contribution in [0, 0.1) is 0 Å². The lowest BCUT2D eigenvalue weighted by molar-refractivity contribution is -0.121. The van der Waals surface area contributed by atoms with Crippen molar-refractivity contribution in [3.8, 4) is 17.2 Å². The lowest BCUT2D eigenvalue weighted by Gasteiger charge is -2.30. The second kappa shape index (κ2) is 5.66. The molecule has 0 amide bonds. The Hall–Kier alpha value is -1.83. The zero-order valence-electron chi connectivity index (χ0n) is 10.6. The van der Waals surface area contributed by atoms with E-state index in [2.05, 4.69) is 0 Å². The van der Waals surface area contributed by atoms with Crippen molar-refractivity contribution in [1.29, 1.82) is 0 Å². The summed E-state index contributed by atoms with van der Waals surface area (Å²) in [6.07, 6.45) is -2.48. The molecule has 0 aromatic heterocycles. The summed E-state index contributed by atoms with van der Waals surface area (Å²) in [5.74, 6) is -2.36. The van der Waals surface area contributed by atoms with E-state index in [1.165, 1.54) is 0 Å². The van der Waals surface area contributed by atoms with E-state index in [4.69, 9.17) is 4.74 Å². The average Bonchev–Trinajstić information content (AvgIpc) is 2.38. The Morgan fingerprint density at radius 3 is 2.35 bits per heavy atom. The minimum atomic E-state index is -0.956. The van der Waals surface area contributed by atoms with Crippen molar-refractivity contribution in [2.24, 2.45) is 0 Å². The van der Waals surface area contributed by atoms with Crippen LogP contribution in [0.4, 0.5) is 0 Å². The number of Topliss-reactive ketones (excluding diaryl/α,β-unsaturated/α-hetero) is 1. The zero-order valence-corrected chi connectivity index (χ0v) is 10.6. The van der Waals surface area contributed by atoms with E-state index >= 15 is 0 Å². The Morgan fingerprint density at radius 2 is 1.80 bits per heavy atom. The molecule has 5 N–H and O–H groups in total. The van der Waals surface area contributed by atoms with Crippen LogP contribution in [0.25, 0.3) is 0 Å². The summed E-state index contributed by atoms with van der Waals surface area (Å²) in [5, 5.41) is 46.9. The second-order valence-electron chi connectivity index (χ2n) is 4.82. The number of phenols is 3. The molecule has 20 heavy (non-hydrogen) atoms. The van der Waals surface area contributed by atoms with Gasteiger partial charge in [-0.1, -0.05) is 0 Å². The number of carbonyl (C=O) groups excluding carboxylic acids is 1. The van der Waals surface area contributed by atoms with Gasteiger partial charge in [-0.05, 0) is 12.1 Å². The van der Waals surface area contributed by atoms with Crippen LogP contribution in [0.15, 0.2) is 12.1 Å². The van der Waals surface area contributed by atoms with Crippen molar-refractivity contribution in [2.45, 2.75) is 31.2 Å². The van der Waals surface area contributed by atoms with Gasteiger partial charge in [-0.3, -0.25) is 4.79 Å². The number of hydrogen-bond acceptors (Lipinski definition) is 7. The number of ether oxygens (including phenoxy) is 1. The number of rotatable bonds is 3. The van der Waals surface area contributed by atoms with Gasteiger partial charge >= 0.3 is 0 Å². The number of aliphatic hydroxyl groups is 2. The Kier molecular flexibility index (Phi) is 4.12. The lowest BCUT2D eigenvalue weighted by Crippen LogP contribution is -2.42. The van der Waals surface area contributed by atoms with Gasteiger partial charge in [-0.15, -0.1) is 0 Å². The van der Waals surface area contributed by atoms with Crippen molar-refractivity contribution < 1.29 is 35.1 Å². The molecular formula is C13H16O7. The normalized spacial score (nSPS) is 26.4. The van der Waals surface area contributed by atoms with Gasteiger partial charge in [0.25, 0.3) is 0 Å². The molecule has 2 rings (SSSR count). The molecule has 0 spiro atoms. The van der Waals surface area contributed by atoms with E-state index in [0.29, 0.717) is 0 Å². The van der Waals surface area contributed by atoms with Crippen LogP contribution in [0.1, 0.15) is 23.2 Å². The van der Waals surface area contributed by atoms with Crippen molar-refractivity contribution in [3.05, 3.63) is 17.7 Å². The van der Waals surface area contributed by atoms with Crippen LogP contribution < -0.4 is 0 Å². The topological polar surface area (TPSA) is 127 Å². The van der Waals surface area contributed by atoms with E-state index in [1.54, 1.807) is 0 Å². The fourth-order valence-corrected chi connectivity index (χ4v) is 2.11. The monoisotopic (exact) mass is 284 g/mol. The van der Waals surface area contributed by atoms with E-state index in [1.807, 2.05) is 0 Å². The van der Waals surface area contributed by atoms with Gasteiger partial charge < -0.3 is 30.3 Å². The number of aromatic hydroxyl groups is 3. The Balaban J connectivity index is 2.09. The number of ketones is 1. The van der Waals surface area contributed by atoms with Crippen LogP contribution in [0.2, 0.25) is 0 Å². The minimum Gasteiger partial charge on any atom is -0.504 e. The maximum absolute atomic E-state index is 12.0. The van der Waals surface area contributed by atoms with Crippen LogP contribution >= 0.6 is 0 Å². The van der Waals surface area contributed by atoms with Crippen LogP contribution in [0.3, 0.4) is 0 Å². The molecule has 0 saturated carbocycles. The molecule has 7 nitrogen and oxygen atoms in total. The fraction of sp³-hybridized carbons (Fsp3) is 0.462. The van der Waals surface area contributed by atoms with Gasteiger partial charge in [0.1, 0.15) is 0 Å². The number of phenolic OH excluding ortho intramolecular Hbond substituents is 3. The molecule has 1 aromatic carbocycles. The summed E-state index contributed by atoms with van der Waals surface area (Å²) in [6, 6.07) is 2.06. The summed E-state index contributed by atoms with van der Waals surface area (Å²) in [5.41, 5.74) is -0.000257. The molecule has 110 valence electrons. The molecule has 3 atom stereocenters. The Labute approximate surface area is 114 Å². The van der Waals surface area contributed by atoms with Gasteiger partial charge in [0, 0.05) is 18.4 Å². The first-order chi connectivity index (χ1) is 9.38. The first-order valence-corrected chi connectivity index (χ1v) is 6.14. The molecule has 1 fully saturated rings. The van der Waals surface area contributed by atoms with Gasteiger partial charge in [0.2, 0.25) is 0 Å². The zero-order chi connectivity index (χ0) is 14.9. The summed E-state index contributed by atoms with van der Waals surface area (Å²) in [7, 11) is 0. The minimum absolute atomic E-state index is 0.000257. The third-order valence-corrected chi connectivity index (χ3v) is 3.22. The maximum Gasteiger partial charge on any atom is 0.200 e. The fourth-order valence-electron chi connectivity index (χ4n) is 2.11. The molecule has 1 aliphatic heterocycles. The van der Waals surface area contributed by atoms with Crippen molar-refractivity contribution >= 4 is 5.78 Å². The summed E-state index contributed by atoms with van der Waals surface area (Å²) in [4.78, 5) is 12.0. The summed E-state index contributed by atoms with van der Waals surface area (Å²) >= 11 is 0. The van der Waals surface area contributed by atoms with Gasteiger partial charge in [0.15, 0.2) is 23.0 Å². The van der Waals surface area contributed by atoms with Crippen LogP contribution in [0.5, 0.6) is 17.2 Å².